The number of rotatable bonds is 6. The van der Waals surface area contributed by atoms with Gasteiger partial charge in [0.15, 0.2) is 0 Å². The lowest BCUT2D eigenvalue weighted by Crippen LogP contribution is -2.22. The van der Waals surface area contributed by atoms with Gasteiger partial charge in [-0.2, -0.15) is 4.99 Å². The molecule has 0 bridgehead atoms. The van der Waals surface area contributed by atoms with E-state index in [1.165, 1.54) is 11.1 Å². The molecule has 0 radical (unpaired) electrons. The second-order valence-corrected chi connectivity index (χ2v) is 8.30. The molecular weight excluding hydrogens is 372 g/mol. The Morgan fingerprint density at radius 3 is 1.73 bits per heavy atom. The molecule has 0 aliphatic carbocycles. The van der Waals surface area contributed by atoms with Crippen LogP contribution in [0.25, 0.3) is 0 Å². The highest BCUT2D eigenvalue weighted by atomic mass is 16.5. The minimum absolute atomic E-state index is 0.222. The van der Waals surface area contributed by atoms with Crippen LogP contribution in [0.4, 0.5) is 5.69 Å². The Hall–Kier alpha value is -3.67. The largest absolute Gasteiger partial charge is 0.388 e. The fourth-order valence-corrected chi connectivity index (χ4v) is 3.63. The molecular formula is C26H24N2O2. The molecule has 4 heteroatoms. The van der Waals surface area contributed by atoms with Crippen LogP contribution in [0.2, 0.25) is 0 Å². The molecule has 0 fully saturated rings. The molecule has 0 unspecified atom stereocenters. The summed E-state index contributed by atoms with van der Waals surface area (Å²) in [6.07, 6.45) is 3.27. The van der Waals surface area contributed by atoms with Crippen LogP contribution in [-0.4, -0.2) is 6.08 Å². The van der Waals surface area contributed by atoms with E-state index in [0.29, 0.717) is 11.4 Å². The van der Waals surface area contributed by atoms with E-state index in [1.807, 2.05) is 48.5 Å². The van der Waals surface area contributed by atoms with Crippen molar-refractivity contribution in [3.8, 4) is 12.0 Å². The Morgan fingerprint density at radius 2 is 1.27 bits per heavy atom. The summed E-state index contributed by atoms with van der Waals surface area (Å²) in [5.41, 5.74) is 4.83. The van der Waals surface area contributed by atoms with Gasteiger partial charge in [-0.25, -0.2) is 4.79 Å². The van der Waals surface area contributed by atoms with Gasteiger partial charge in [-0.15, -0.1) is 5.26 Å². The molecule has 0 saturated heterocycles. The van der Waals surface area contributed by atoms with Crippen molar-refractivity contribution in [2.45, 2.75) is 38.5 Å². The molecule has 0 aliphatic rings. The highest BCUT2D eigenvalue weighted by Gasteiger charge is 2.27. The molecule has 30 heavy (non-hydrogen) atoms. The number of isocyanates is 1. The van der Waals surface area contributed by atoms with Crippen LogP contribution in [0, 0.1) is 11.5 Å². The summed E-state index contributed by atoms with van der Waals surface area (Å²) in [5, 5.41) is 8.68. The number of benzene rings is 3. The highest BCUT2D eigenvalue weighted by Crippen LogP contribution is 2.37. The number of nitrogens with zero attached hydrogens (tertiary/aromatic N) is 2. The van der Waals surface area contributed by atoms with Gasteiger partial charge in [0.25, 0.3) is 6.26 Å². The van der Waals surface area contributed by atoms with Gasteiger partial charge < -0.3 is 4.74 Å². The maximum absolute atomic E-state index is 10.5. The van der Waals surface area contributed by atoms with Gasteiger partial charge in [-0.05, 0) is 46.5 Å². The summed E-state index contributed by atoms with van der Waals surface area (Å²) in [5.74, 6) is 0.536. The SMILES string of the molecule is CC(C)(c1ccc(N=C=O)cc1)c1cccc(C(C)(C)c2ccc(OC#N)cc2)c1. The fraction of sp³-hybridized carbons (Fsp3) is 0.231. The predicted octanol–water partition coefficient (Wildman–Crippen LogP) is 6.17. The van der Waals surface area contributed by atoms with Crippen molar-refractivity contribution in [3.05, 3.63) is 95.1 Å². The van der Waals surface area contributed by atoms with Gasteiger partial charge in [-0.3, -0.25) is 0 Å². The quantitative estimate of drug-likeness (QED) is 0.284. The standard InChI is InChI=1S/C26H24N2O2/c1-25(2,19-8-12-23(13-9-19)28-18-29)21-6-5-7-22(16-21)26(3,4)20-10-14-24(15-11-20)30-17-27/h5-16H,1-4H3. The summed E-state index contributed by atoms with van der Waals surface area (Å²) in [4.78, 5) is 14.1. The first-order valence-corrected chi connectivity index (χ1v) is 9.75. The first-order valence-electron chi connectivity index (χ1n) is 9.75. The monoisotopic (exact) mass is 396 g/mol. The van der Waals surface area contributed by atoms with Crippen molar-refractivity contribution < 1.29 is 9.53 Å². The summed E-state index contributed by atoms with van der Waals surface area (Å²) in [6, 6.07) is 23.9. The molecule has 0 amide bonds. The highest BCUT2D eigenvalue weighted by molar-refractivity contribution is 5.51. The van der Waals surface area contributed by atoms with Crippen LogP contribution in [0.5, 0.6) is 5.75 Å². The molecule has 0 heterocycles. The topological polar surface area (TPSA) is 62.4 Å². The smallest absolute Gasteiger partial charge is 0.292 e. The fourth-order valence-electron chi connectivity index (χ4n) is 3.63. The van der Waals surface area contributed by atoms with E-state index in [1.54, 1.807) is 12.3 Å². The molecule has 0 atom stereocenters. The van der Waals surface area contributed by atoms with Gasteiger partial charge in [0.1, 0.15) is 5.75 Å². The predicted molar refractivity (Wildman–Crippen MR) is 118 cm³/mol. The minimum Gasteiger partial charge on any atom is -0.388 e. The van der Waals surface area contributed by atoms with Crippen LogP contribution in [-0.2, 0) is 15.6 Å². The molecule has 3 aromatic carbocycles. The van der Waals surface area contributed by atoms with E-state index in [2.05, 4.69) is 57.0 Å². The first kappa shape index (κ1) is 21.0. The molecule has 3 aromatic rings. The third kappa shape index (κ3) is 4.17. The molecule has 0 saturated carbocycles. The average Bonchev–Trinajstić information content (AvgIpc) is 2.75. The van der Waals surface area contributed by atoms with Crippen molar-refractivity contribution >= 4 is 11.8 Å². The maximum atomic E-state index is 10.5. The zero-order chi connectivity index (χ0) is 21.8. The lowest BCUT2D eigenvalue weighted by atomic mass is 9.73. The van der Waals surface area contributed by atoms with E-state index >= 15 is 0 Å². The molecule has 0 aromatic heterocycles. The molecule has 0 aliphatic heterocycles. The molecule has 0 spiro atoms. The third-order valence-electron chi connectivity index (χ3n) is 5.81. The van der Waals surface area contributed by atoms with E-state index in [0.717, 1.165) is 11.1 Å². The van der Waals surface area contributed by atoms with Gasteiger partial charge in [0, 0.05) is 10.8 Å². The lowest BCUT2D eigenvalue weighted by Gasteiger charge is -2.31. The summed E-state index contributed by atoms with van der Waals surface area (Å²) >= 11 is 0. The minimum atomic E-state index is -0.222. The number of aliphatic imine (C=N–C) groups is 1. The number of carbonyl (C=O) groups excluding carboxylic acids is 1. The van der Waals surface area contributed by atoms with Gasteiger partial charge >= 0.3 is 0 Å². The van der Waals surface area contributed by atoms with Crippen LogP contribution in [0.15, 0.2) is 77.8 Å². The summed E-state index contributed by atoms with van der Waals surface area (Å²) in [6.45, 7) is 8.74. The normalized spacial score (nSPS) is 11.3. The van der Waals surface area contributed by atoms with E-state index in [9.17, 15) is 4.79 Å². The van der Waals surface area contributed by atoms with Crippen molar-refractivity contribution in [2.75, 3.05) is 0 Å². The summed E-state index contributed by atoms with van der Waals surface area (Å²) in [7, 11) is 0. The van der Waals surface area contributed by atoms with Crippen molar-refractivity contribution in [1.82, 2.24) is 0 Å². The maximum Gasteiger partial charge on any atom is 0.292 e. The molecule has 3 rings (SSSR count). The zero-order valence-corrected chi connectivity index (χ0v) is 17.6. The second-order valence-electron chi connectivity index (χ2n) is 8.30. The Labute approximate surface area is 177 Å². The number of hydrogen-bond acceptors (Lipinski definition) is 4. The average molecular weight is 396 g/mol. The number of ether oxygens (including phenoxy) is 1. The number of hydrogen-bond donors (Lipinski definition) is 0. The Kier molecular flexibility index (Phi) is 5.87. The van der Waals surface area contributed by atoms with Gasteiger partial charge in [-0.1, -0.05) is 76.2 Å². The molecule has 4 nitrogen and oxygen atoms in total. The number of nitriles is 1. The van der Waals surface area contributed by atoms with Crippen LogP contribution >= 0.6 is 0 Å². The van der Waals surface area contributed by atoms with Crippen LogP contribution in [0.1, 0.15) is 49.9 Å². The molecule has 150 valence electrons. The van der Waals surface area contributed by atoms with Crippen molar-refractivity contribution in [2.24, 2.45) is 4.99 Å². The lowest BCUT2D eigenvalue weighted by molar-refractivity contribution is 0.506. The Morgan fingerprint density at radius 1 is 0.767 bits per heavy atom. The van der Waals surface area contributed by atoms with Gasteiger partial charge in [0.05, 0.1) is 5.69 Å². The van der Waals surface area contributed by atoms with E-state index < -0.39 is 0 Å². The zero-order valence-electron chi connectivity index (χ0n) is 17.6. The van der Waals surface area contributed by atoms with Crippen molar-refractivity contribution in [1.29, 1.82) is 5.26 Å². The van der Waals surface area contributed by atoms with Crippen LogP contribution < -0.4 is 4.74 Å². The van der Waals surface area contributed by atoms with Crippen molar-refractivity contribution in [3.63, 3.8) is 0 Å². The van der Waals surface area contributed by atoms with E-state index in [4.69, 9.17) is 10.00 Å². The summed E-state index contributed by atoms with van der Waals surface area (Å²) < 4.78 is 4.89. The Balaban J connectivity index is 1.96. The third-order valence-corrected chi connectivity index (χ3v) is 5.81. The van der Waals surface area contributed by atoms with Crippen LogP contribution in [0.3, 0.4) is 0 Å². The van der Waals surface area contributed by atoms with E-state index in [-0.39, 0.29) is 10.8 Å². The first-order chi connectivity index (χ1) is 14.3. The molecule has 0 N–H and O–H groups in total. The Bertz CT molecular complexity index is 1110. The second kappa shape index (κ2) is 8.37. The van der Waals surface area contributed by atoms with Gasteiger partial charge in [0.2, 0.25) is 6.08 Å².